The molecule has 9 heteroatoms. The molecule has 0 saturated heterocycles. The summed E-state index contributed by atoms with van der Waals surface area (Å²) >= 11 is 0. The average molecular weight is 587 g/mol. The standard InChI is InChI=1S/C23H35F3N2O.C10H10N2O/c1-9-18(23(24,25)26)13-12-16(4)19-20(29)28(11-3)22(10-2,27-19)15-14-17(5)21(6,7)8;1-8-2-4-9(5-3-8)10(13)12-7-6-11/h9,12-13,17H,4,10-11,14-15H2,1-3,5-8H3;2-5H,7H2,1H3,(H,12,13)/b13-12-,18-9+;. The van der Waals surface area contributed by atoms with Crippen molar-refractivity contribution in [2.45, 2.75) is 86.5 Å². The highest BCUT2D eigenvalue weighted by molar-refractivity contribution is 6.47. The summed E-state index contributed by atoms with van der Waals surface area (Å²) in [5, 5.41) is 10.7. The molecule has 1 N–H and O–H groups in total. The Labute approximate surface area is 249 Å². The van der Waals surface area contributed by atoms with Gasteiger partial charge in [0.25, 0.3) is 11.8 Å². The van der Waals surface area contributed by atoms with Crippen molar-refractivity contribution >= 4 is 17.5 Å². The fourth-order valence-corrected chi connectivity index (χ4v) is 4.35. The Morgan fingerprint density at radius 1 is 1.19 bits per heavy atom. The van der Waals surface area contributed by atoms with Crippen molar-refractivity contribution in [3.63, 3.8) is 0 Å². The maximum atomic E-state index is 13.0. The van der Waals surface area contributed by atoms with Gasteiger partial charge in [-0.3, -0.25) is 14.6 Å². The Kier molecular flexibility index (Phi) is 13.4. The van der Waals surface area contributed by atoms with Gasteiger partial charge < -0.3 is 10.2 Å². The van der Waals surface area contributed by atoms with Gasteiger partial charge in [-0.1, -0.05) is 71.0 Å². The molecule has 230 valence electrons. The van der Waals surface area contributed by atoms with Gasteiger partial charge in [-0.2, -0.15) is 18.4 Å². The number of rotatable bonds is 10. The molecule has 0 aliphatic carbocycles. The molecule has 0 fully saturated rings. The summed E-state index contributed by atoms with van der Waals surface area (Å²) in [5.41, 5.74) is 0.761. The van der Waals surface area contributed by atoms with E-state index in [2.05, 4.69) is 39.6 Å². The minimum absolute atomic E-state index is 0.0483. The minimum atomic E-state index is -4.45. The van der Waals surface area contributed by atoms with Gasteiger partial charge in [0.1, 0.15) is 17.9 Å². The lowest BCUT2D eigenvalue weighted by Gasteiger charge is -2.37. The highest BCUT2D eigenvalue weighted by Gasteiger charge is 2.45. The van der Waals surface area contributed by atoms with Crippen molar-refractivity contribution < 1.29 is 22.8 Å². The highest BCUT2D eigenvalue weighted by Crippen LogP contribution is 2.38. The van der Waals surface area contributed by atoms with E-state index in [1.165, 1.54) is 13.0 Å². The van der Waals surface area contributed by atoms with Crippen LogP contribution in [0.15, 0.2) is 65.2 Å². The molecule has 1 aromatic carbocycles. The molecule has 0 aromatic heterocycles. The van der Waals surface area contributed by atoms with E-state index in [9.17, 15) is 22.8 Å². The number of benzene rings is 1. The van der Waals surface area contributed by atoms with E-state index in [-0.39, 0.29) is 35.1 Å². The number of allylic oxidation sites excluding steroid dienone is 4. The molecule has 42 heavy (non-hydrogen) atoms. The van der Waals surface area contributed by atoms with E-state index in [1.54, 1.807) is 17.0 Å². The molecule has 0 spiro atoms. The lowest BCUT2D eigenvalue weighted by molar-refractivity contribution is -0.128. The summed E-state index contributed by atoms with van der Waals surface area (Å²) in [4.78, 5) is 30.7. The van der Waals surface area contributed by atoms with Crippen molar-refractivity contribution in [2.75, 3.05) is 13.1 Å². The summed E-state index contributed by atoms with van der Waals surface area (Å²) in [6, 6.07) is 9.05. The Morgan fingerprint density at radius 2 is 1.79 bits per heavy atom. The molecule has 0 bridgehead atoms. The van der Waals surface area contributed by atoms with Crippen molar-refractivity contribution in [1.29, 1.82) is 5.26 Å². The lowest BCUT2D eigenvalue weighted by Crippen LogP contribution is -2.46. The number of nitriles is 1. The van der Waals surface area contributed by atoms with Gasteiger partial charge in [-0.05, 0) is 75.1 Å². The number of nitrogens with zero attached hydrogens (tertiary/aromatic N) is 3. The smallest absolute Gasteiger partial charge is 0.339 e. The zero-order chi connectivity index (χ0) is 32.3. The van der Waals surface area contributed by atoms with Gasteiger partial charge in [0.05, 0.1) is 11.6 Å². The number of alkyl halides is 3. The van der Waals surface area contributed by atoms with E-state index in [0.717, 1.165) is 24.1 Å². The number of nitrogens with one attached hydrogen (secondary N) is 1. The average Bonchev–Trinajstić information content (AvgIpc) is 3.21. The number of hydrogen-bond donors (Lipinski definition) is 1. The Balaban J connectivity index is 0.000000563. The first-order valence-corrected chi connectivity index (χ1v) is 14.2. The minimum Gasteiger partial charge on any atom is -0.339 e. The van der Waals surface area contributed by atoms with Crippen LogP contribution in [0.4, 0.5) is 13.2 Å². The molecule has 6 nitrogen and oxygen atoms in total. The Hall–Kier alpha value is -3.67. The van der Waals surface area contributed by atoms with Crippen LogP contribution in [0.3, 0.4) is 0 Å². The van der Waals surface area contributed by atoms with Gasteiger partial charge in [-0.25, -0.2) is 0 Å². The molecule has 1 heterocycles. The highest BCUT2D eigenvalue weighted by atomic mass is 19.4. The van der Waals surface area contributed by atoms with Crippen LogP contribution < -0.4 is 5.32 Å². The Morgan fingerprint density at radius 3 is 2.24 bits per heavy atom. The van der Waals surface area contributed by atoms with E-state index in [1.807, 2.05) is 39.0 Å². The van der Waals surface area contributed by atoms with Crippen LogP contribution in [0, 0.1) is 29.6 Å². The van der Waals surface area contributed by atoms with Crippen LogP contribution in [0.2, 0.25) is 0 Å². The number of aliphatic imine (C=N–C) groups is 1. The molecule has 1 aromatic rings. The zero-order valence-corrected chi connectivity index (χ0v) is 26.2. The van der Waals surface area contributed by atoms with Gasteiger partial charge >= 0.3 is 6.18 Å². The van der Waals surface area contributed by atoms with Crippen LogP contribution in [0.25, 0.3) is 0 Å². The van der Waals surface area contributed by atoms with Crippen LogP contribution in [-0.2, 0) is 4.79 Å². The number of halogens is 3. The second-order valence-electron chi connectivity index (χ2n) is 11.5. The maximum Gasteiger partial charge on any atom is 0.416 e. The molecule has 1 aliphatic heterocycles. The number of carbonyl (C=O) groups is 2. The third-order valence-electron chi connectivity index (χ3n) is 7.66. The molecule has 0 saturated carbocycles. The predicted octanol–water partition coefficient (Wildman–Crippen LogP) is 7.73. The first-order chi connectivity index (χ1) is 19.5. The third kappa shape index (κ3) is 10.0. The summed E-state index contributed by atoms with van der Waals surface area (Å²) in [6.45, 7) is 20.3. The number of amides is 2. The summed E-state index contributed by atoms with van der Waals surface area (Å²) in [5.74, 6) is -0.0332. The van der Waals surface area contributed by atoms with E-state index in [4.69, 9.17) is 10.3 Å². The van der Waals surface area contributed by atoms with E-state index >= 15 is 0 Å². The summed E-state index contributed by atoms with van der Waals surface area (Å²) < 4.78 is 38.8. The predicted molar refractivity (Wildman–Crippen MR) is 163 cm³/mol. The molecule has 0 radical (unpaired) electrons. The lowest BCUT2D eigenvalue weighted by atomic mass is 9.78. The van der Waals surface area contributed by atoms with Crippen molar-refractivity contribution in [3.8, 4) is 6.07 Å². The number of carbonyl (C=O) groups excluding carboxylic acids is 2. The van der Waals surface area contributed by atoms with Crippen molar-refractivity contribution in [1.82, 2.24) is 10.2 Å². The second-order valence-corrected chi connectivity index (χ2v) is 11.5. The van der Waals surface area contributed by atoms with Crippen LogP contribution in [0.5, 0.6) is 0 Å². The second kappa shape index (κ2) is 15.5. The van der Waals surface area contributed by atoms with Crippen LogP contribution in [0.1, 0.15) is 83.7 Å². The monoisotopic (exact) mass is 586 g/mol. The van der Waals surface area contributed by atoms with Crippen molar-refractivity contribution in [2.24, 2.45) is 16.3 Å². The van der Waals surface area contributed by atoms with Gasteiger partial charge in [0.2, 0.25) is 0 Å². The fraction of sp³-hybridized carbons (Fsp3) is 0.515. The van der Waals surface area contributed by atoms with Crippen molar-refractivity contribution in [3.05, 3.63) is 71.3 Å². The molecule has 1 aliphatic rings. The normalized spacial score (nSPS) is 18.2. The Bertz CT molecular complexity index is 1230. The molecule has 2 atom stereocenters. The molecular weight excluding hydrogens is 541 g/mol. The quantitative estimate of drug-likeness (QED) is 0.225. The molecule has 2 amide bonds. The molecule has 2 unspecified atom stereocenters. The number of hydrogen-bond acceptors (Lipinski definition) is 4. The van der Waals surface area contributed by atoms with Crippen LogP contribution in [-0.4, -0.2) is 47.4 Å². The van der Waals surface area contributed by atoms with Crippen LogP contribution >= 0.6 is 0 Å². The maximum absolute atomic E-state index is 13.0. The molecular formula is C33H45F3N4O2. The first-order valence-electron chi connectivity index (χ1n) is 14.2. The largest absolute Gasteiger partial charge is 0.416 e. The summed E-state index contributed by atoms with van der Waals surface area (Å²) in [7, 11) is 0. The summed E-state index contributed by atoms with van der Waals surface area (Å²) in [6.07, 6.45) is 0.983. The van der Waals surface area contributed by atoms with Gasteiger partial charge in [-0.15, -0.1) is 0 Å². The zero-order valence-electron chi connectivity index (χ0n) is 26.2. The van der Waals surface area contributed by atoms with E-state index < -0.39 is 17.4 Å². The van der Waals surface area contributed by atoms with Gasteiger partial charge in [0.15, 0.2) is 0 Å². The third-order valence-corrected chi connectivity index (χ3v) is 7.66. The number of aryl methyl sites for hydroxylation is 1. The topological polar surface area (TPSA) is 85.6 Å². The first kappa shape index (κ1) is 36.4. The van der Waals surface area contributed by atoms with E-state index in [0.29, 0.717) is 30.9 Å². The molecule has 2 rings (SSSR count). The SMILES string of the molecule is C=C(/C=C\C(=C/C)C(F)(F)F)C1=NC(CC)(CCC(C)C(C)(C)C)N(CC)C1=O.Cc1ccc(C(=O)NCC#N)cc1. The van der Waals surface area contributed by atoms with Gasteiger partial charge in [0, 0.05) is 12.1 Å². The fourth-order valence-electron chi connectivity index (χ4n) is 4.35.